The molecule has 0 aliphatic carbocycles. The Balaban J connectivity index is 2.43. The second-order valence-corrected chi connectivity index (χ2v) is 8.58. The lowest BCUT2D eigenvalue weighted by Crippen LogP contribution is -2.13. The van der Waals surface area contributed by atoms with Gasteiger partial charge in [-0.3, -0.25) is 4.72 Å². The van der Waals surface area contributed by atoms with Crippen LogP contribution in [0.5, 0.6) is 0 Å². The van der Waals surface area contributed by atoms with Crippen molar-refractivity contribution in [1.29, 1.82) is 0 Å². The third kappa shape index (κ3) is 3.70. The molecule has 112 valence electrons. The van der Waals surface area contributed by atoms with Crippen LogP contribution in [0.1, 0.15) is 10.4 Å². The summed E-state index contributed by atoms with van der Waals surface area (Å²) < 4.78 is 27.4. The largest absolute Gasteiger partial charge is 0.478 e. The number of aromatic carboxylic acids is 1. The molecule has 0 fully saturated rings. The fraction of sp³-hybridized carbons (Fsp3) is 0. The van der Waals surface area contributed by atoms with Crippen LogP contribution in [-0.4, -0.2) is 19.5 Å². The molecule has 0 bridgehead atoms. The molecule has 2 N–H and O–H groups in total. The van der Waals surface area contributed by atoms with Gasteiger partial charge in [0, 0.05) is 4.47 Å². The van der Waals surface area contributed by atoms with E-state index in [1.807, 2.05) is 0 Å². The van der Waals surface area contributed by atoms with Gasteiger partial charge in [-0.25, -0.2) is 13.2 Å². The molecule has 0 unspecified atom stereocenters. The number of hydrogen-bond acceptors (Lipinski definition) is 4. The van der Waals surface area contributed by atoms with Gasteiger partial charge >= 0.3 is 5.97 Å². The van der Waals surface area contributed by atoms with Crippen molar-refractivity contribution in [2.45, 2.75) is 4.90 Å². The first kappa shape index (κ1) is 16.6. The molecule has 1 aromatic carbocycles. The van der Waals surface area contributed by atoms with Gasteiger partial charge in [0.2, 0.25) is 0 Å². The fourth-order valence-corrected chi connectivity index (χ4v) is 5.14. The summed E-state index contributed by atoms with van der Waals surface area (Å²) in [6.45, 7) is 0. The second-order valence-electron chi connectivity index (χ2n) is 3.79. The summed E-state index contributed by atoms with van der Waals surface area (Å²) in [7, 11) is -3.97. The van der Waals surface area contributed by atoms with Gasteiger partial charge in [0.1, 0.15) is 9.23 Å². The lowest BCUT2D eigenvalue weighted by Gasteiger charge is -2.09. The number of carboxylic acids is 1. The Morgan fingerprint density at radius 1 is 1.29 bits per heavy atom. The monoisotopic (exact) mass is 429 g/mol. The highest BCUT2D eigenvalue weighted by Crippen LogP contribution is 2.36. The standard InChI is InChI=1S/C11H6BrCl2NO4S2/c12-6-2-1-5(11(16)17)3-7(6)15-21(18,19)8-4-9(13)20-10(8)14/h1-4,15H,(H,16,17). The Bertz CT molecular complexity index is 820. The molecule has 0 aliphatic heterocycles. The quantitative estimate of drug-likeness (QED) is 0.756. The summed E-state index contributed by atoms with van der Waals surface area (Å²) in [5, 5.41) is 8.93. The van der Waals surface area contributed by atoms with Crippen LogP contribution in [0.15, 0.2) is 33.6 Å². The first-order valence-electron chi connectivity index (χ1n) is 5.21. The fourth-order valence-electron chi connectivity index (χ4n) is 1.44. The Morgan fingerprint density at radius 3 is 2.48 bits per heavy atom. The lowest BCUT2D eigenvalue weighted by molar-refractivity contribution is 0.0697. The van der Waals surface area contributed by atoms with Crippen molar-refractivity contribution in [2.75, 3.05) is 4.72 Å². The number of hydrogen-bond donors (Lipinski definition) is 2. The molecule has 1 heterocycles. The van der Waals surface area contributed by atoms with E-state index in [0.29, 0.717) is 4.47 Å². The maximum atomic E-state index is 12.3. The number of anilines is 1. The van der Waals surface area contributed by atoms with Crippen molar-refractivity contribution in [3.63, 3.8) is 0 Å². The normalized spacial score (nSPS) is 11.4. The van der Waals surface area contributed by atoms with Crippen molar-refractivity contribution in [2.24, 2.45) is 0 Å². The highest BCUT2D eigenvalue weighted by molar-refractivity contribution is 9.10. The first-order chi connectivity index (χ1) is 9.70. The molecule has 0 spiro atoms. The van der Waals surface area contributed by atoms with E-state index in [1.54, 1.807) is 0 Å². The molecule has 21 heavy (non-hydrogen) atoms. The summed E-state index contributed by atoms with van der Waals surface area (Å²) in [4.78, 5) is 10.8. The molecule has 0 amide bonds. The predicted octanol–water partition coefficient (Wildman–Crippen LogP) is 4.32. The van der Waals surface area contributed by atoms with Crippen molar-refractivity contribution >= 4 is 72.1 Å². The summed E-state index contributed by atoms with van der Waals surface area (Å²) in [6, 6.07) is 5.21. The van der Waals surface area contributed by atoms with Crippen molar-refractivity contribution in [3.8, 4) is 0 Å². The molecule has 5 nitrogen and oxygen atoms in total. The summed E-state index contributed by atoms with van der Waals surface area (Å²) in [5.41, 5.74) is 0.0404. The molecule has 2 rings (SSSR count). The molecular weight excluding hydrogens is 425 g/mol. The molecule has 0 radical (unpaired) electrons. The molecular formula is C11H6BrCl2NO4S2. The van der Waals surface area contributed by atoms with Gasteiger partial charge in [0.25, 0.3) is 10.0 Å². The van der Waals surface area contributed by atoms with E-state index in [1.165, 1.54) is 24.3 Å². The highest BCUT2D eigenvalue weighted by Gasteiger charge is 2.22. The summed E-state index contributed by atoms with van der Waals surface area (Å²) in [5.74, 6) is -1.17. The maximum absolute atomic E-state index is 12.3. The van der Waals surface area contributed by atoms with Crippen molar-refractivity contribution < 1.29 is 18.3 Å². The highest BCUT2D eigenvalue weighted by atomic mass is 79.9. The SMILES string of the molecule is O=C(O)c1ccc(Br)c(NS(=O)(=O)c2cc(Cl)sc2Cl)c1. The minimum absolute atomic E-state index is 0.0259. The topological polar surface area (TPSA) is 83.5 Å². The van der Waals surface area contributed by atoms with Gasteiger partial charge in [-0.2, -0.15) is 0 Å². The van der Waals surface area contributed by atoms with Crippen LogP contribution in [0.4, 0.5) is 5.69 Å². The van der Waals surface area contributed by atoms with Gasteiger partial charge in [-0.05, 0) is 40.2 Å². The average molecular weight is 431 g/mol. The molecule has 10 heteroatoms. The van der Waals surface area contributed by atoms with Crippen LogP contribution in [-0.2, 0) is 10.0 Å². The summed E-state index contributed by atoms with van der Waals surface area (Å²) in [6.07, 6.45) is 0. The number of nitrogens with one attached hydrogen (secondary N) is 1. The smallest absolute Gasteiger partial charge is 0.335 e. The molecule has 0 atom stereocenters. The van der Waals surface area contributed by atoms with Crippen LogP contribution >= 0.6 is 50.5 Å². The Labute approximate surface area is 142 Å². The zero-order valence-corrected chi connectivity index (χ0v) is 14.7. The zero-order valence-electron chi connectivity index (χ0n) is 9.93. The van der Waals surface area contributed by atoms with Crippen LogP contribution in [0, 0.1) is 0 Å². The first-order valence-corrected chi connectivity index (χ1v) is 9.06. The Morgan fingerprint density at radius 2 is 1.95 bits per heavy atom. The molecule has 0 aliphatic rings. The Kier molecular flexibility index (Phi) is 4.84. The number of rotatable bonds is 4. The van der Waals surface area contributed by atoms with E-state index in [2.05, 4.69) is 20.7 Å². The van der Waals surface area contributed by atoms with Crippen molar-refractivity contribution in [1.82, 2.24) is 0 Å². The maximum Gasteiger partial charge on any atom is 0.335 e. The van der Waals surface area contributed by atoms with Crippen LogP contribution in [0.25, 0.3) is 0 Å². The molecule has 2 aromatic rings. The lowest BCUT2D eigenvalue weighted by atomic mass is 10.2. The van der Waals surface area contributed by atoms with Gasteiger partial charge in [-0.1, -0.05) is 23.2 Å². The van der Waals surface area contributed by atoms with E-state index in [-0.39, 0.29) is 24.8 Å². The number of benzene rings is 1. The number of carboxylic acid groups (broad SMARTS) is 1. The molecule has 1 aromatic heterocycles. The van der Waals surface area contributed by atoms with Crippen LogP contribution < -0.4 is 4.72 Å². The van der Waals surface area contributed by atoms with Crippen LogP contribution in [0.3, 0.4) is 0 Å². The van der Waals surface area contributed by atoms with Crippen molar-refractivity contribution in [3.05, 3.63) is 43.0 Å². The van der Waals surface area contributed by atoms with Gasteiger partial charge in [0.05, 0.1) is 15.6 Å². The number of carbonyl (C=O) groups is 1. The third-order valence-electron chi connectivity index (χ3n) is 2.37. The third-order valence-corrected chi connectivity index (χ3v) is 6.18. The Hall–Kier alpha value is -0.800. The minimum atomic E-state index is -3.97. The molecule has 0 saturated carbocycles. The van der Waals surface area contributed by atoms with Crippen LogP contribution in [0.2, 0.25) is 8.67 Å². The second kappa shape index (κ2) is 6.13. The summed E-state index contributed by atoms with van der Waals surface area (Å²) >= 11 is 15.6. The van der Waals surface area contributed by atoms with E-state index in [9.17, 15) is 13.2 Å². The predicted molar refractivity (Wildman–Crippen MR) is 86.2 cm³/mol. The molecule has 0 saturated heterocycles. The van der Waals surface area contributed by atoms with Gasteiger partial charge in [0.15, 0.2) is 0 Å². The number of halogens is 3. The van der Waals surface area contributed by atoms with E-state index in [0.717, 1.165) is 11.3 Å². The number of thiophene rings is 1. The van der Waals surface area contributed by atoms with E-state index in [4.69, 9.17) is 28.3 Å². The minimum Gasteiger partial charge on any atom is -0.478 e. The zero-order chi connectivity index (χ0) is 15.8. The van der Waals surface area contributed by atoms with Gasteiger partial charge in [-0.15, -0.1) is 11.3 Å². The van der Waals surface area contributed by atoms with E-state index < -0.39 is 16.0 Å². The van der Waals surface area contributed by atoms with E-state index >= 15 is 0 Å². The number of sulfonamides is 1. The average Bonchev–Trinajstić information content (AvgIpc) is 2.71. The van der Waals surface area contributed by atoms with Gasteiger partial charge < -0.3 is 5.11 Å².